The molecule has 0 saturated carbocycles. The van der Waals surface area contributed by atoms with E-state index in [0.717, 1.165) is 24.3 Å². The van der Waals surface area contributed by atoms with Crippen LogP contribution < -0.4 is 14.8 Å². The second-order valence-corrected chi connectivity index (χ2v) is 12.5. The van der Waals surface area contributed by atoms with E-state index >= 15 is 0 Å². The van der Waals surface area contributed by atoms with Crippen LogP contribution in [0.5, 0.6) is 5.75 Å². The van der Waals surface area contributed by atoms with Gasteiger partial charge in [-0.05, 0) is 82.1 Å². The average molecular weight is 582 g/mol. The predicted molar refractivity (Wildman–Crippen MR) is 161 cm³/mol. The van der Waals surface area contributed by atoms with E-state index in [0.29, 0.717) is 40.3 Å². The smallest absolute Gasteiger partial charge is 0.339 e. The molecule has 9 nitrogen and oxygen atoms in total. The van der Waals surface area contributed by atoms with Gasteiger partial charge < -0.3 is 14.8 Å². The third kappa shape index (κ3) is 8.00. The van der Waals surface area contributed by atoms with Crippen LogP contribution in [0.15, 0.2) is 71.9 Å². The molecule has 4 aromatic rings. The molecule has 2 N–H and O–H groups in total. The normalized spacial score (nSPS) is 11.9. The second-order valence-electron chi connectivity index (χ2n) is 9.97. The van der Waals surface area contributed by atoms with Gasteiger partial charge >= 0.3 is 10.1 Å². The Morgan fingerprint density at radius 3 is 2.48 bits per heavy atom. The van der Waals surface area contributed by atoms with Gasteiger partial charge in [-0.25, -0.2) is 4.98 Å². The second kappa shape index (κ2) is 13.2. The summed E-state index contributed by atoms with van der Waals surface area (Å²) in [7, 11) is -4.03. The molecular weight excluding hydrogens is 546 g/mol. The van der Waals surface area contributed by atoms with Gasteiger partial charge in [0.1, 0.15) is 10.6 Å². The van der Waals surface area contributed by atoms with Crippen LogP contribution in [0.2, 0.25) is 0 Å². The van der Waals surface area contributed by atoms with Gasteiger partial charge in [0.25, 0.3) is 0 Å². The quantitative estimate of drug-likeness (QED) is 0.197. The Labute approximate surface area is 239 Å². The van der Waals surface area contributed by atoms with Crippen molar-refractivity contribution < 1.29 is 17.4 Å². The summed E-state index contributed by atoms with van der Waals surface area (Å²) in [5, 5.41) is 6.61. The zero-order valence-electron chi connectivity index (χ0n) is 23.1. The molecule has 0 radical (unpaired) electrons. The Kier molecular flexibility index (Phi) is 9.72. The number of anilines is 2. The third-order valence-electron chi connectivity index (χ3n) is 6.34. The number of thiazole rings is 1. The molecule has 0 atom stereocenters. The molecule has 212 valence electrons. The minimum atomic E-state index is -4.03. The first-order valence-electron chi connectivity index (χ1n) is 13.2. The summed E-state index contributed by atoms with van der Waals surface area (Å²) in [4.78, 5) is 23.3. The number of carbonyl (C=O) groups excluding carboxylic acids is 1. The van der Waals surface area contributed by atoms with Crippen molar-refractivity contribution in [3.05, 3.63) is 72.6 Å². The van der Waals surface area contributed by atoms with Gasteiger partial charge in [0.05, 0.1) is 10.2 Å². The molecule has 1 amide bonds. The van der Waals surface area contributed by atoms with Crippen molar-refractivity contribution >= 4 is 48.4 Å². The number of rotatable bonds is 13. The number of amides is 1. The number of aromatic nitrogens is 2. The minimum Gasteiger partial charge on any atom is -0.384 e. The van der Waals surface area contributed by atoms with Crippen LogP contribution in [0.3, 0.4) is 0 Å². The fourth-order valence-corrected chi connectivity index (χ4v) is 6.19. The molecule has 0 aliphatic rings. The summed E-state index contributed by atoms with van der Waals surface area (Å²) in [6.45, 7) is 10.3. The zero-order valence-corrected chi connectivity index (χ0v) is 24.8. The van der Waals surface area contributed by atoms with E-state index in [4.69, 9.17) is 4.18 Å². The Morgan fingerprint density at radius 2 is 1.80 bits per heavy atom. The van der Waals surface area contributed by atoms with E-state index < -0.39 is 10.1 Å². The van der Waals surface area contributed by atoms with Crippen molar-refractivity contribution in [1.29, 1.82) is 0 Å². The van der Waals surface area contributed by atoms with E-state index in [1.807, 2.05) is 12.1 Å². The van der Waals surface area contributed by atoms with E-state index in [1.165, 1.54) is 23.5 Å². The Morgan fingerprint density at radius 1 is 1.05 bits per heavy atom. The molecule has 0 bridgehead atoms. The molecule has 0 aliphatic carbocycles. The number of aryl methyl sites for hydroxylation is 1. The monoisotopic (exact) mass is 581 g/mol. The Bertz CT molecular complexity index is 1510. The number of benzene rings is 2. The summed E-state index contributed by atoms with van der Waals surface area (Å²) in [6, 6.07) is 16.0. The van der Waals surface area contributed by atoms with Crippen molar-refractivity contribution in [3.8, 4) is 5.75 Å². The molecule has 40 heavy (non-hydrogen) atoms. The van der Waals surface area contributed by atoms with Crippen LogP contribution in [0.25, 0.3) is 10.2 Å². The first-order chi connectivity index (χ1) is 19.1. The topological polar surface area (TPSA) is 114 Å². The van der Waals surface area contributed by atoms with Gasteiger partial charge in [-0.15, -0.1) is 0 Å². The standard InChI is InChI=1S/C29H35N5O4S2/c1-20(2)34(21(3)4)17-16-31-23-8-11-25(12-9-23)40(36,37)38-24-10-13-26-27(18-24)39-29(32-26)33-28(35)14-7-22-6-5-15-30-19-22/h5-6,8-13,15,18-21,31H,7,14,16-17H2,1-4H3,(H,32,33,35). The fraction of sp³-hybridized carbons (Fsp3) is 0.345. The minimum absolute atomic E-state index is 0.0648. The number of hydrogen-bond donors (Lipinski definition) is 2. The molecule has 2 aromatic carbocycles. The van der Waals surface area contributed by atoms with Crippen LogP contribution in [0.1, 0.15) is 39.7 Å². The Hall–Kier alpha value is -3.54. The summed E-state index contributed by atoms with van der Waals surface area (Å²) in [6.07, 6.45) is 4.31. The predicted octanol–water partition coefficient (Wildman–Crippen LogP) is 5.56. The number of fused-ring (bicyclic) bond motifs is 1. The molecule has 0 spiro atoms. The van der Waals surface area contributed by atoms with Crippen LogP contribution >= 0.6 is 11.3 Å². The maximum atomic E-state index is 12.9. The van der Waals surface area contributed by atoms with E-state index in [9.17, 15) is 13.2 Å². The van der Waals surface area contributed by atoms with E-state index in [2.05, 4.69) is 53.2 Å². The molecule has 0 unspecified atom stereocenters. The van der Waals surface area contributed by atoms with Gasteiger partial charge in [0, 0.05) is 55.7 Å². The lowest BCUT2D eigenvalue weighted by Gasteiger charge is -2.30. The lowest BCUT2D eigenvalue weighted by molar-refractivity contribution is -0.116. The summed E-state index contributed by atoms with van der Waals surface area (Å²) in [5.41, 5.74) is 2.46. The number of nitrogens with zero attached hydrogens (tertiary/aromatic N) is 3. The van der Waals surface area contributed by atoms with Crippen molar-refractivity contribution in [2.45, 2.75) is 57.5 Å². The SMILES string of the molecule is CC(C)N(CCNc1ccc(S(=O)(=O)Oc2ccc3nc(NC(=O)CCc4cccnc4)sc3c2)cc1)C(C)C. The Balaban J connectivity index is 1.34. The molecule has 0 fully saturated rings. The van der Waals surface area contributed by atoms with Crippen LogP contribution in [-0.2, 0) is 21.3 Å². The van der Waals surface area contributed by atoms with Crippen LogP contribution in [0.4, 0.5) is 10.8 Å². The molecule has 0 saturated heterocycles. The first-order valence-corrected chi connectivity index (χ1v) is 15.5. The molecule has 2 aromatic heterocycles. The van der Waals surface area contributed by atoms with Gasteiger partial charge in [0.15, 0.2) is 5.13 Å². The first kappa shape index (κ1) is 29.4. The number of carbonyl (C=O) groups is 1. The number of nitrogens with one attached hydrogen (secondary N) is 2. The molecule has 11 heteroatoms. The summed E-state index contributed by atoms with van der Waals surface area (Å²) >= 11 is 1.26. The van der Waals surface area contributed by atoms with Gasteiger partial charge in [-0.3, -0.25) is 14.7 Å². The van der Waals surface area contributed by atoms with Crippen LogP contribution in [0, 0.1) is 0 Å². The van der Waals surface area contributed by atoms with E-state index in [1.54, 1.807) is 42.7 Å². The third-order valence-corrected chi connectivity index (χ3v) is 8.54. The highest BCUT2D eigenvalue weighted by molar-refractivity contribution is 7.87. The highest BCUT2D eigenvalue weighted by atomic mass is 32.2. The number of hydrogen-bond acceptors (Lipinski definition) is 9. The zero-order chi connectivity index (χ0) is 28.7. The van der Waals surface area contributed by atoms with Crippen LogP contribution in [-0.4, -0.2) is 54.4 Å². The lowest BCUT2D eigenvalue weighted by atomic mass is 10.1. The van der Waals surface area contributed by atoms with Gasteiger partial charge in [-0.2, -0.15) is 8.42 Å². The van der Waals surface area contributed by atoms with Crippen molar-refractivity contribution in [3.63, 3.8) is 0 Å². The molecule has 2 heterocycles. The van der Waals surface area contributed by atoms with Crippen molar-refractivity contribution in [2.75, 3.05) is 23.7 Å². The fourth-order valence-electron chi connectivity index (χ4n) is 4.35. The molecular formula is C29H35N5O4S2. The highest BCUT2D eigenvalue weighted by Gasteiger charge is 2.18. The molecule has 0 aliphatic heterocycles. The number of pyridine rings is 1. The lowest BCUT2D eigenvalue weighted by Crippen LogP contribution is -2.40. The van der Waals surface area contributed by atoms with Crippen molar-refractivity contribution in [2.24, 2.45) is 0 Å². The molecule has 4 rings (SSSR count). The van der Waals surface area contributed by atoms with Gasteiger partial charge in [0.2, 0.25) is 5.91 Å². The maximum absolute atomic E-state index is 12.9. The average Bonchev–Trinajstić information content (AvgIpc) is 3.31. The summed E-state index contributed by atoms with van der Waals surface area (Å²) < 4.78 is 31.9. The highest BCUT2D eigenvalue weighted by Crippen LogP contribution is 2.31. The summed E-state index contributed by atoms with van der Waals surface area (Å²) in [5.74, 6) is 0.0207. The van der Waals surface area contributed by atoms with Crippen molar-refractivity contribution in [1.82, 2.24) is 14.9 Å². The maximum Gasteiger partial charge on any atom is 0.339 e. The van der Waals surface area contributed by atoms with Gasteiger partial charge in [-0.1, -0.05) is 17.4 Å². The largest absolute Gasteiger partial charge is 0.384 e. The van der Waals surface area contributed by atoms with E-state index in [-0.39, 0.29) is 16.6 Å².